The third kappa shape index (κ3) is 7.74. The number of nitrogens with zero attached hydrogens (tertiary/aromatic N) is 3. The van der Waals surface area contributed by atoms with Crippen molar-refractivity contribution in [2.24, 2.45) is 4.99 Å². The van der Waals surface area contributed by atoms with Crippen molar-refractivity contribution in [2.75, 3.05) is 60.1 Å². The van der Waals surface area contributed by atoms with Crippen LogP contribution in [0.4, 0.5) is 0 Å². The monoisotopic (exact) mass is 559 g/mol. The predicted molar refractivity (Wildman–Crippen MR) is 142 cm³/mol. The largest absolute Gasteiger partial charge is 0.497 e. The van der Waals surface area contributed by atoms with Crippen molar-refractivity contribution < 1.29 is 9.47 Å². The van der Waals surface area contributed by atoms with Crippen molar-refractivity contribution in [1.29, 1.82) is 0 Å². The smallest absolute Gasteiger partial charge is 0.191 e. The van der Waals surface area contributed by atoms with Gasteiger partial charge in [0.25, 0.3) is 0 Å². The summed E-state index contributed by atoms with van der Waals surface area (Å²) < 4.78 is 10.9. The van der Waals surface area contributed by atoms with Gasteiger partial charge in [0.05, 0.1) is 26.4 Å². The molecule has 3 atom stereocenters. The van der Waals surface area contributed by atoms with E-state index in [2.05, 4.69) is 51.4 Å². The van der Waals surface area contributed by atoms with E-state index >= 15 is 0 Å². The molecule has 2 aliphatic rings. The van der Waals surface area contributed by atoms with Crippen molar-refractivity contribution in [1.82, 2.24) is 20.4 Å². The van der Waals surface area contributed by atoms with E-state index in [9.17, 15) is 0 Å². The Labute approximate surface area is 211 Å². The normalized spacial score (nSPS) is 22.5. The molecule has 2 saturated heterocycles. The molecule has 3 rings (SSSR count). The van der Waals surface area contributed by atoms with Crippen LogP contribution in [0.3, 0.4) is 0 Å². The van der Waals surface area contributed by atoms with Gasteiger partial charge in [0, 0.05) is 45.3 Å². The molecule has 182 valence electrons. The topological polar surface area (TPSA) is 61.4 Å². The zero-order chi connectivity index (χ0) is 22.1. The second-order valence-electron chi connectivity index (χ2n) is 8.70. The molecule has 2 heterocycles. The predicted octanol–water partition coefficient (Wildman–Crippen LogP) is 3.11. The van der Waals surface area contributed by atoms with Gasteiger partial charge in [-0.1, -0.05) is 18.6 Å². The number of piperidine rings is 1. The van der Waals surface area contributed by atoms with Crippen molar-refractivity contribution in [2.45, 2.75) is 51.2 Å². The fourth-order valence-corrected chi connectivity index (χ4v) is 4.72. The minimum atomic E-state index is 0. The molecule has 1 aromatic carbocycles. The number of ether oxygens (including phenoxy) is 2. The number of hydrogen-bond acceptors (Lipinski definition) is 5. The van der Waals surface area contributed by atoms with E-state index in [0.717, 1.165) is 51.1 Å². The number of nitrogens with one attached hydrogen (secondary N) is 2. The molecule has 0 aromatic heterocycles. The minimum Gasteiger partial charge on any atom is -0.497 e. The van der Waals surface area contributed by atoms with Crippen molar-refractivity contribution in [3.05, 3.63) is 29.8 Å². The summed E-state index contributed by atoms with van der Waals surface area (Å²) in [4.78, 5) is 9.59. The van der Waals surface area contributed by atoms with Crippen LogP contribution in [-0.2, 0) is 4.74 Å². The molecule has 2 N–H and O–H groups in total. The molecule has 0 amide bonds. The van der Waals surface area contributed by atoms with Crippen LogP contribution in [0, 0.1) is 0 Å². The number of guanidine groups is 1. The lowest BCUT2D eigenvalue weighted by molar-refractivity contribution is 0.0170. The van der Waals surface area contributed by atoms with Gasteiger partial charge in [-0.25, -0.2) is 0 Å². The zero-order valence-electron chi connectivity index (χ0n) is 20.2. The summed E-state index contributed by atoms with van der Waals surface area (Å²) in [6.07, 6.45) is 3.97. The third-order valence-electron chi connectivity index (χ3n) is 6.66. The summed E-state index contributed by atoms with van der Waals surface area (Å²) in [6, 6.07) is 9.82. The zero-order valence-corrected chi connectivity index (χ0v) is 22.5. The van der Waals surface area contributed by atoms with E-state index < -0.39 is 0 Å². The first-order valence-electron chi connectivity index (χ1n) is 11.8. The quantitative estimate of drug-likeness (QED) is 0.290. The number of methoxy groups -OCH3 is 1. The van der Waals surface area contributed by atoms with Crippen molar-refractivity contribution >= 4 is 29.9 Å². The van der Waals surface area contributed by atoms with Gasteiger partial charge in [-0.3, -0.25) is 14.8 Å². The van der Waals surface area contributed by atoms with E-state index in [1.54, 1.807) is 7.11 Å². The summed E-state index contributed by atoms with van der Waals surface area (Å²) in [5, 5.41) is 7.12. The Morgan fingerprint density at radius 2 is 1.81 bits per heavy atom. The molecule has 2 aliphatic heterocycles. The first kappa shape index (κ1) is 27.1. The van der Waals surface area contributed by atoms with Gasteiger partial charge in [-0.15, -0.1) is 24.0 Å². The number of hydrogen-bond donors (Lipinski definition) is 2. The lowest BCUT2D eigenvalue weighted by atomic mass is 10.0. The highest BCUT2D eigenvalue weighted by molar-refractivity contribution is 14.0. The van der Waals surface area contributed by atoms with Crippen LogP contribution in [0.15, 0.2) is 29.3 Å². The highest BCUT2D eigenvalue weighted by atomic mass is 127. The summed E-state index contributed by atoms with van der Waals surface area (Å²) in [5.74, 6) is 1.75. The molecule has 1 aromatic rings. The first-order valence-corrected chi connectivity index (χ1v) is 11.8. The maximum Gasteiger partial charge on any atom is 0.191 e. The summed E-state index contributed by atoms with van der Waals surface area (Å²) in [5.41, 5.74) is 1.28. The van der Waals surface area contributed by atoms with Crippen LogP contribution < -0.4 is 15.4 Å². The lowest BCUT2D eigenvalue weighted by Gasteiger charge is -2.38. The molecule has 2 fully saturated rings. The third-order valence-corrected chi connectivity index (χ3v) is 6.66. The number of rotatable bonds is 8. The Morgan fingerprint density at radius 1 is 1.12 bits per heavy atom. The Hall–Kier alpha value is -1.10. The minimum absolute atomic E-state index is 0. The van der Waals surface area contributed by atoms with Gasteiger partial charge >= 0.3 is 0 Å². The van der Waals surface area contributed by atoms with Crippen LogP contribution in [0.5, 0.6) is 5.75 Å². The molecule has 0 bridgehead atoms. The number of aliphatic imine (C=N–C) groups is 1. The Morgan fingerprint density at radius 3 is 2.44 bits per heavy atom. The SMILES string of the molecule is CN=C(NCC(c1ccc(OC)cc1)N1CCOCC1)NCC(C)N1CCCCC1C.I. The molecule has 0 saturated carbocycles. The Kier molecular flexibility index (Phi) is 12.1. The van der Waals surface area contributed by atoms with Crippen LogP contribution in [0.25, 0.3) is 0 Å². The summed E-state index contributed by atoms with van der Waals surface area (Å²) in [6.45, 7) is 11.0. The molecule has 32 heavy (non-hydrogen) atoms. The lowest BCUT2D eigenvalue weighted by Crippen LogP contribution is -2.51. The van der Waals surface area contributed by atoms with Gasteiger partial charge in [-0.2, -0.15) is 0 Å². The first-order chi connectivity index (χ1) is 15.1. The standard InChI is InChI=1S/C24H41N5O2.HI/c1-19-7-5-6-12-29(19)20(2)17-26-24(25-3)27-18-23(28-13-15-31-16-14-28)21-8-10-22(30-4)11-9-21;/h8-11,19-20,23H,5-7,12-18H2,1-4H3,(H2,25,26,27);1H. The average Bonchev–Trinajstić information content (AvgIpc) is 2.82. The van der Waals surface area contributed by atoms with E-state index in [0.29, 0.717) is 12.1 Å². The Bertz CT molecular complexity index is 681. The fourth-order valence-electron chi connectivity index (χ4n) is 4.72. The van der Waals surface area contributed by atoms with Crippen LogP contribution in [0.1, 0.15) is 44.7 Å². The van der Waals surface area contributed by atoms with E-state index in [4.69, 9.17) is 9.47 Å². The highest BCUT2D eigenvalue weighted by Gasteiger charge is 2.25. The average molecular weight is 560 g/mol. The van der Waals surface area contributed by atoms with Gasteiger partial charge in [0.1, 0.15) is 5.75 Å². The number of halogens is 1. The molecule has 0 aliphatic carbocycles. The molecule has 8 heteroatoms. The van der Waals surface area contributed by atoms with E-state index in [1.165, 1.54) is 31.4 Å². The number of benzene rings is 1. The maximum atomic E-state index is 5.58. The molecule has 0 spiro atoms. The second kappa shape index (κ2) is 14.2. The summed E-state index contributed by atoms with van der Waals surface area (Å²) >= 11 is 0. The van der Waals surface area contributed by atoms with Crippen molar-refractivity contribution in [3.8, 4) is 5.75 Å². The number of likely N-dealkylation sites (tertiary alicyclic amines) is 1. The molecular formula is C24H42IN5O2. The molecular weight excluding hydrogens is 517 g/mol. The molecule has 7 nitrogen and oxygen atoms in total. The number of morpholine rings is 1. The van der Waals surface area contributed by atoms with Gasteiger partial charge < -0.3 is 20.1 Å². The van der Waals surface area contributed by atoms with Gasteiger partial charge in [-0.05, 0) is 50.9 Å². The summed E-state index contributed by atoms with van der Waals surface area (Å²) in [7, 11) is 3.55. The van der Waals surface area contributed by atoms with Gasteiger partial charge in [0.15, 0.2) is 5.96 Å². The van der Waals surface area contributed by atoms with Gasteiger partial charge in [0.2, 0.25) is 0 Å². The van der Waals surface area contributed by atoms with E-state index in [-0.39, 0.29) is 30.0 Å². The van der Waals surface area contributed by atoms with Crippen LogP contribution in [0.2, 0.25) is 0 Å². The van der Waals surface area contributed by atoms with E-state index in [1.807, 2.05) is 19.2 Å². The Balaban J connectivity index is 0.00000363. The molecule has 0 radical (unpaired) electrons. The molecule has 3 unspecified atom stereocenters. The maximum absolute atomic E-state index is 5.58. The fraction of sp³-hybridized carbons (Fsp3) is 0.708. The second-order valence-corrected chi connectivity index (χ2v) is 8.70. The van der Waals surface area contributed by atoms with Crippen LogP contribution in [-0.4, -0.2) is 87.9 Å². The van der Waals surface area contributed by atoms with Crippen molar-refractivity contribution in [3.63, 3.8) is 0 Å². The highest BCUT2D eigenvalue weighted by Crippen LogP contribution is 2.24. The van der Waals surface area contributed by atoms with Crippen LogP contribution >= 0.6 is 24.0 Å².